The number of nitrogens with one attached hydrogen (secondary N) is 1. The van der Waals surface area contributed by atoms with E-state index in [9.17, 15) is 9.18 Å². The molecule has 0 aromatic heterocycles. The van der Waals surface area contributed by atoms with Gasteiger partial charge in [0.05, 0.1) is 17.6 Å². The van der Waals surface area contributed by atoms with Gasteiger partial charge in [0, 0.05) is 25.7 Å². The smallest absolute Gasteiger partial charge is 0.227 e. The van der Waals surface area contributed by atoms with Crippen LogP contribution in [0.1, 0.15) is 18.1 Å². The summed E-state index contributed by atoms with van der Waals surface area (Å²) < 4.78 is 13.7. The van der Waals surface area contributed by atoms with Gasteiger partial charge in [-0.25, -0.2) is 4.39 Å². The first-order valence-corrected chi connectivity index (χ1v) is 6.67. The summed E-state index contributed by atoms with van der Waals surface area (Å²) >= 11 is 0. The van der Waals surface area contributed by atoms with Crippen LogP contribution in [0.15, 0.2) is 18.2 Å². The van der Waals surface area contributed by atoms with Gasteiger partial charge in [0.25, 0.3) is 0 Å². The molecule has 0 bridgehead atoms. The third-order valence-electron chi connectivity index (χ3n) is 3.79. The first-order chi connectivity index (χ1) is 9.52. The Hall–Kier alpha value is -1.93. The molecular weight excluding hydrogens is 257 g/mol. The molecule has 1 aromatic carbocycles. The molecule has 2 unspecified atom stereocenters. The number of hydrogen-bond acceptors (Lipinski definition) is 3. The summed E-state index contributed by atoms with van der Waals surface area (Å²) in [5, 5.41) is 12.0. The quantitative estimate of drug-likeness (QED) is 0.909. The van der Waals surface area contributed by atoms with E-state index >= 15 is 0 Å². The molecule has 20 heavy (non-hydrogen) atoms. The standard InChI is InChI=1S/C15H18FN3O/c1-10-7-18-8-13(10)15(20)19(2)9-12-5-11(6-17)3-4-14(12)16/h3-5,10,13,18H,7-9H2,1-2H3. The van der Waals surface area contributed by atoms with Gasteiger partial charge in [-0.1, -0.05) is 6.92 Å². The molecule has 2 rings (SSSR count). The average molecular weight is 275 g/mol. The number of carbonyl (C=O) groups excluding carboxylic acids is 1. The van der Waals surface area contributed by atoms with Crippen LogP contribution in [0.25, 0.3) is 0 Å². The van der Waals surface area contributed by atoms with Gasteiger partial charge < -0.3 is 10.2 Å². The summed E-state index contributed by atoms with van der Waals surface area (Å²) in [5.41, 5.74) is 0.775. The topological polar surface area (TPSA) is 56.1 Å². The van der Waals surface area contributed by atoms with Crippen LogP contribution in [0.5, 0.6) is 0 Å². The van der Waals surface area contributed by atoms with Gasteiger partial charge in [0.15, 0.2) is 0 Å². The fourth-order valence-electron chi connectivity index (χ4n) is 2.52. The fraction of sp³-hybridized carbons (Fsp3) is 0.467. The fourth-order valence-corrected chi connectivity index (χ4v) is 2.52. The van der Waals surface area contributed by atoms with Crippen molar-refractivity contribution < 1.29 is 9.18 Å². The van der Waals surface area contributed by atoms with Crippen molar-refractivity contribution in [1.29, 1.82) is 5.26 Å². The summed E-state index contributed by atoms with van der Waals surface area (Å²) in [6.45, 7) is 3.73. The van der Waals surface area contributed by atoms with E-state index in [0.29, 0.717) is 23.6 Å². The van der Waals surface area contributed by atoms with Gasteiger partial charge in [-0.05, 0) is 30.7 Å². The first-order valence-electron chi connectivity index (χ1n) is 6.67. The van der Waals surface area contributed by atoms with Gasteiger partial charge in [-0.15, -0.1) is 0 Å². The van der Waals surface area contributed by atoms with E-state index in [1.54, 1.807) is 7.05 Å². The van der Waals surface area contributed by atoms with Gasteiger partial charge in [-0.2, -0.15) is 5.26 Å². The lowest BCUT2D eigenvalue weighted by molar-refractivity contribution is -0.135. The third-order valence-corrected chi connectivity index (χ3v) is 3.79. The van der Waals surface area contributed by atoms with E-state index in [1.165, 1.54) is 23.1 Å². The van der Waals surface area contributed by atoms with Gasteiger partial charge in [0.2, 0.25) is 5.91 Å². The van der Waals surface area contributed by atoms with Crippen LogP contribution in [0.2, 0.25) is 0 Å². The molecule has 1 saturated heterocycles. The summed E-state index contributed by atoms with van der Waals surface area (Å²) in [4.78, 5) is 13.9. The van der Waals surface area contributed by atoms with E-state index in [4.69, 9.17) is 5.26 Å². The number of halogens is 1. The molecule has 5 heteroatoms. The molecule has 1 fully saturated rings. The van der Waals surface area contributed by atoms with Crippen LogP contribution in [0.4, 0.5) is 4.39 Å². The monoisotopic (exact) mass is 275 g/mol. The Bertz CT molecular complexity index is 553. The Labute approximate surface area is 118 Å². The molecule has 0 radical (unpaired) electrons. The van der Waals surface area contributed by atoms with E-state index < -0.39 is 0 Å². The minimum absolute atomic E-state index is 0.0178. The number of hydrogen-bond donors (Lipinski definition) is 1. The molecule has 1 amide bonds. The summed E-state index contributed by atoms with van der Waals surface area (Å²) in [5.74, 6) is -0.132. The Balaban J connectivity index is 2.09. The van der Waals surface area contributed by atoms with E-state index in [1.807, 2.05) is 13.0 Å². The minimum Gasteiger partial charge on any atom is -0.341 e. The highest BCUT2D eigenvalue weighted by Crippen LogP contribution is 2.20. The summed E-state index contributed by atoms with van der Waals surface area (Å²) in [7, 11) is 1.67. The van der Waals surface area contributed by atoms with Crippen LogP contribution in [-0.4, -0.2) is 30.9 Å². The lowest BCUT2D eigenvalue weighted by atomic mass is 9.96. The van der Waals surface area contributed by atoms with Crippen molar-refractivity contribution in [2.75, 3.05) is 20.1 Å². The lowest BCUT2D eigenvalue weighted by Gasteiger charge is -2.23. The van der Waals surface area contributed by atoms with Crippen LogP contribution in [0.3, 0.4) is 0 Å². The molecule has 1 aliphatic heterocycles. The largest absolute Gasteiger partial charge is 0.341 e. The second-order valence-corrected chi connectivity index (χ2v) is 5.35. The highest BCUT2D eigenvalue weighted by atomic mass is 19.1. The minimum atomic E-state index is -0.388. The van der Waals surface area contributed by atoms with E-state index in [-0.39, 0.29) is 24.2 Å². The second kappa shape index (κ2) is 6.02. The molecule has 1 aromatic rings. The third kappa shape index (κ3) is 2.97. The molecule has 0 aliphatic carbocycles. The van der Waals surface area contributed by atoms with Crippen LogP contribution < -0.4 is 5.32 Å². The molecule has 0 spiro atoms. The van der Waals surface area contributed by atoms with Crippen molar-refractivity contribution in [3.63, 3.8) is 0 Å². The Morgan fingerprint density at radius 1 is 1.55 bits per heavy atom. The average Bonchev–Trinajstić information content (AvgIpc) is 2.86. The van der Waals surface area contributed by atoms with E-state index in [2.05, 4.69) is 5.32 Å². The van der Waals surface area contributed by atoms with Crippen LogP contribution in [-0.2, 0) is 11.3 Å². The van der Waals surface area contributed by atoms with Crippen LogP contribution >= 0.6 is 0 Å². The first kappa shape index (κ1) is 14.5. The predicted molar refractivity (Wildman–Crippen MR) is 73.1 cm³/mol. The zero-order chi connectivity index (χ0) is 14.7. The van der Waals surface area contributed by atoms with E-state index in [0.717, 1.165) is 6.54 Å². The summed E-state index contributed by atoms with van der Waals surface area (Å²) in [6, 6.07) is 6.18. The number of nitrogens with zero attached hydrogens (tertiary/aromatic N) is 2. The highest BCUT2D eigenvalue weighted by Gasteiger charge is 2.31. The molecule has 4 nitrogen and oxygen atoms in total. The number of rotatable bonds is 3. The Morgan fingerprint density at radius 3 is 2.90 bits per heavy atom. The SMILES string of the molecule is CC1CNCC1C(=O)N(C)Cc1cc(C#N)ccc1F. The molecule has 2 atom stereocenters. The zero-order valence-electron chi connectivity index (χ0n) is 11.7. The molecule has 0 saturated carbocycles. The molecule has 1 N–H and O–H groups in total. The summed E-state index contributed by atoms with van der Waals surface area (Å²) in [6.07, 6.45) is 0. The Morgan fingerprint density at radius 2 is 2.30 bits per heavy atom. The molecule has 1 aliphatic rings. The van der Waals surface area contributed by atoms with Crippen molar-refractivity contribution in [3.8, 4) is 6.07 Å². The van der Waals surface area contributed by atoms with Crippen molar-refractivity contribution in [3.05, 3.63) is 35.1 Å². The van der Waals surface area contributed by atoms with Gasteiger partial charge in [0.1, 0.15) is 5.82 Å². The van der Waals surface area contributed by atoms with Crippen molar-refractivity contribution >= 4 is 5.91 Å². The molecule has 106 valence electrons. The normalized spacial score (nSPS) is 21.5. The van der Waals surface area contributed by atoms with Crippen molar-refractivity contribution in [1.82, 2.24) is 10.2 Å². The number of nitriles is 1. The Kier molecular flexibility index (Phi) is 4.35. The maximum Gasteiger partial charge on any atom is 0.227 e. The number of benzene rings is 1. The molecule has 1 heterocycles. The van der Waals surface area contributed by atoms with Crippen molar-refractivity contribution in [2.24, 2.45) is 11.8 Å². The maximum atomic E-state index is 13.7. The molecular formula is C15H18FN3O. The highest BCUT2D eigenvalue weighted by molar-refractivity contribution is 5.79. The number of amides is 1. The second-order valence-electron chi connectivity index (χ2n) is 5.35. The predicted octanol–water partition coefficient (Wildman–Crippen LogP) is 1.51. The van der Waals surface area contributed by atoms with Gasteiger partial charge in [-0.3, -0.25) is 4.79 Å². The van der Waals surface area contributed by atoms with Gasteiger partial charge >= 0.3 is 0 Å². The van der Waals surface area contributed by atoms with Crippen molar-refractivity contribution in [2.45, 2.75) is 13.5 Å². The maximum absolute atomic E-state index is 13.7. The van der Waals surface area contributed by atoms with Crippen LogP contribution in [0, 0.1) is 29.0 Å². The lowest BCUT2D eigenvalue weighted by Crippen LogP contribution is -2.35. The number of carbonyl (C=O) groups is 1. The zero-order valence-corrected chi connectivity index (χ0v) is 11.7.